The molecule has 3 rings (SSSR count). The molecule has 1 unspecified atom stereocenters. The molecule has 1 heterocycles. The van der Waals surface area contributed by atoms with Crippen molar-refractivity contribution in [1.82, 2.24) is 0 Å². The molecule has 0 bridgehead atoms. The second-order valence-electron chi connectivity index (χ2n) is 4.54. The van der Waals surface area contributed by atoms with Crippen molar-refractivity contribution in [2.45, 2.75) is 11.0 Å². The van der Waals surface area contributed by atoms with Gasteiger partial charge in [-0.1, -0.05) is 30.3 Å². The second kappa shape index (κ2) is 6.20. The van der Waals surface area contributed by atoms with Crippen LogP contribution in [0.3, 0.4) is 0 Å². The highest BCUT2D eigenvalue weighted by Crippen LogP contribution is 2.35. The molecule has 0 saturated carbocycles. The molecular weight excluding hydrogens is 272 g/mol. The van der Waals surface area contributed by atoms with Gasteiger partial charge in [0.25, 0.3) is 0 Å². The molecule has 0 radical (unpaired) electrons. The Morgan fingerprint density at radius 1 is 1.00 bits per heavy atom. The number of thioether (sulfide) groups is 1. The van der Waals surface area contributed by atoms with Gasteiger partial charge in [0, 0.05) is 10.6 Å². The Labute approximate surface area is 122 Å². The standard InChI is InChI=1S/C16H16O3S/c17-14(12-4-2-1-3-5-12)11-20-13-6-7-15-16(10-13)19-9-8-18-15/h1-7,10,14,17H,8-9,11H2. The molecule has 1 aliphatic rings. The van der Waals surface area contributed by atoms with Gasteiger partial charge in [-0.15, -0.1) is 11.8 Å². The van der Waals surface area contributed by atoms with Crippen LogP contribution in [0.2, 0.25) is 0 Å². The van der Waals surface area contributed by atoms with E-state index in [9.17, 15) is 5.11 Å². The van der Waals surface area contributed by atoms with Crippen molar-refractivity contribution in [2.24, 2.45) is 0 Å². The Bertz CT molecular complexity index is 571. The molecule has 1 N–H and O–H groups in total. The van der Waals surface area contributed by atoms with Crippen LogP contribution in [0.1, 0.15) is 11.7 Å². The van der Waals surface area contributed by atoms with Gasteiger partial charge in [0.2, 0.25) is 0 Å². The molecule has 2 aromatic rings. The van der Waals surface area contributed by atoms with Gasteiger partial charge < -0.3 is 14.6 Å². The fraction of sp³-hybridized carbons (Fsp3) is 0.250. The quantitative estimate of drug-likeness (QED) is 0.876. The number of aliphatic hydroxyl groups is 1. The van der Waals surface area contributed by atoms with E-state index in [0.29, 0.717) is 19.0 Å². The fourth-order valence-electron chi connectivity index (χ4n) is 2.06. The van der Waals surface area contributed by atoms with Crippen LogP contribution in [0.15, 0.2) is 53.4 Å². The Kier molecular flexibility index (Phi) is 4.14. The Hall–Kier alpha value is -1.65. The summed E-state index contributed by atoms with van der Waals surface area (Å²) in [5, 5.41) is 10.1. The minimum atomic E-state index is -0.464. The summed E-state index contributed by atoms with van der Waals surface area (Å²) in [5.41, 5.74) is 0.942. The van der Waals surface area contributed by atoms with Gasteiger partial charge in [-0.2, -0.15) is 0 Å². The molecule has 1 aliphatic heterocycles. The van der Waals surface area contributed by atoms with Crippen LogP contribution in [0.25, 0.3) is 0 Å². The average Bonchev–Trinajstić information content (AvgIpc) is 2.53. The second-order valence-corrected chi connectivity index (χ2v) is 5.64. The summed E-state index contributed by atoms with van der Waals surface area (Å²) in [5.74, 6) is 2.20. The van der Waals surface area contributed by atoms with Gasteiger partial charge in [0.1, 0.15) is 13.2 Å². The SMILES string of the molecule is OC(CSc1ccc2c(c1)OCCO2)c1ccccc1. The number of ether oxygens (including phenoxy) is 2. The van der Waals surface area contributed by atoms with E-state index in [-0.39, 0.29) is 0 Å². The summed E-state index contributed by atoms with van der Waals surface area (Å²) in [7, 11) is 0. The van der Waals surface area contributed by atoms with Crippen molar-refractivity contribution in [3.63, 3.8) is 0 Å². The maximum absolute atomic E-state index is 10.1. The van der Waals surface area contributed by atoms with Crippen LogP contribution in [-0.2, 0) is 0 Å². The molecule has 20 heavy (non-hydrogen) atoms. The number of rotatable bonds is 4. The number of hydrogen-bond donors (Lipinski definition) is 1. The van der Waals surface area contributed by atoms with Crippen LogP contribution < -0.4 is 9.47 Å². The molecule has 3 nitrogen and oxygen atoms in total. The minimum absolute atomic E-state index is 0.464. The Morgan fingerprint density at radius 3 is 2.55 bits per heavy atom. The first-order valence-corrected chi connectivity index (χ1v) is 7.57. The summed E-state index contributed by atoms with van der Waals surface area (Å²) in [6.07, 6.45) is -0.464. The van der Waals surface area contributed by atoms with Gasteiger partial charge in [0.05, 0.1) is 6.10 Å². The van der Waals surface area contributed by atoms with Crippen LogP contribution in [-0.4, -0.2) is 24.1 Å². The molecule has 0 aliphatic carbocycles. The van der Waals surface area contributed by atoms with Crippen LogP contribution in [0.4, 0.5) is 0 Å². The van der Waals surface area contributed by atoms with Crippen molar-refractivity contribution in [3.05, 3.63) is 54.1 Å². The van der Waals surface area contributed by atoms with Crippen LogP contribution in [0, 0.1) is 0 Å². The number of fused-ring (bicyclic) bond motifs is 1. The number of benzene rings is 2. The molecule has 0 aromatic heterocycles. The zero-order valence-corrected chi connectivity index (χ0v) is 11.8. The third kappa shape index (κ3) is 3.08. The summed E-state index contributed by atoms with van der Waals surface area (Å²) in [6.45, 7) is 1.19. The predicted octanol–water partition coefficient (Wildman–Crippen LogP) is 3.28. The van der Waals surface area contributed by atoms with E-state index in [1.807, 2.05) is 48.5 Å². The van der Waals surface area contributed by atoms with Crippen molar-refractivity contribution in [1.29, 1.82) is 0 Å². The van der Waals surface area contributed by atoms with Gasteiger partial charge in [-0.3, -0.25) is 0 Å². The van der Waals surface area contributed by atoms with Crippen molar-refractivity contribution in [2.75, 3.05) is 19.0 Å². The van der Waals surface area contributed by atoms with Crippen LogP contribution in [0.5, 0.6) is 11.5 Å². The monoisotopic (exact) mass is 288 g/mol. The lowest BCUT2D eigenvalue weighted by Gasteiger charge is -2.19. The molecule has 0 fully saturated rings. The molecule has 2 aromatic carbocycles. The molecule has 4 heteroatoms. The normalized spacial score (nSPS) is 14.8. The highest BCUT2D eigenvalue weighted by atomic mass is 32.2. The smallest absolute Gasteiger partial charge is 0.162 e. The van der Waals surface area contributed by atoms with Gasteiger partial charge in [-0.05, 0) is 23.8 Å². The highest BCUT2D eigenvalue weighted by molar-refractivity contribution is 7.99. The lowest BCUT2D eigenvalue weighted by atomic mass is 10.1. The maximum atomic E-state index is 10.1. The molecule has 0 saturated heterocycles. The molecule has 0 spiro atoms. The van der Waals surface area contributed by atoms with E-state index >= 15 is 0 Å². The van der Waals surface area contributed by atoms with E-state index in [0.717, 1.165) is 22.0 Å². The first kappa shape index (κ1) is 13.3. The lowest BCUT2D eigenvalue weighted by molar-refractivity contribution is 0.171. The van der Waals surface area contributed by atoms with E-state index in [2.05, 4.69) is 0 Å². The number of hydrogen-bond acceptors (Lipinski definition) is 4. The highest BCUT2D eigenvalue weighted by Gasteiger charge is 2.13. The van der Waals surface area contributed by atoms with Gasteiger partial charge >= 0.3 is 0 Å². The average molecular weight is 288 g/mol. The molecule has 104 valence electrons. The predicted molar refractivity (Wildman–Crippen MR) is 79.6 cm³/mol. The topological polar surface area (TPSA) is 38.7 Å². The summed E-state index contributed by atoms with van der Waals surface area (Å²) in [4.78, 5) is 1.07. The number of aliphatic hydroxyl groups excluding tert-OH is 1. The Morgan fingerprint density at radius 2 is 1.75 bits per heavy atom. The van der Waals surface area contributed by atoms with Crippen molar-refractivity contribution < 1.29 is 14.6 Å². The third-order valence-electron chi connectivity index (χ3n) is 3.11. The third-order valence-corrected chi connectivity index (χ3v) is 4.18. The van der Waals surface area contributed by atoms with E-state index in [1.54, 1.807) is 11.8 Å². The maximum Gasteiger partial charge on any atom is 0.162 e. The molecular formula is C16H16O3S. The van der Waals surface area contributed by atoms with Crippen LogP contribution >= 0.6 is 11.8 Å². The molecule has 0 amide bonds. The van der Waals surface area contributed by atoms with E-state index in [4.69, 9.17) is 9.47 Å². The van der Waals surface area contributed by atoms with Crippen molar-refractivity contribution in [3.8, 4) is 11.5 Å². The summed E-state index contributed by atoms with van der Waals surface area (Å²) < 4.78 is 11.0. The van der Waals surface area contributed by atoms with Crippen molar-refractivity contribution >= 4 is 11.8 Å². The van der Waals surface area contributed by atoms with Gasteiger partial charge in [0.15, 0.2) is 11.5 Å². The minimum Gasteiger partial charge on any atom is -0.486 e. The lowest BCUT2D eigenvalue weighted by Crippen LogP contribution is -2.15. The van der Waals surface area contributed by atoms with E-state index in [1.165, 1.54) is 0 Å². The zero-order chi connectivity index (χ0) is 13.8. The first-order valence-electron chi connectivity index (χ1n) is 6.58. The summed E-state index contributed by atoms with van der Waals surface area (Å²) >= 11 is 1.61. The van der Waals surface area contributed by atoms with Gasteiger partial charge in [-0.25, -0.2) is 0 Å². The largest absolute Gasteiger partial charge is 0.486 e. The fourth-order valence-corrected chi connectivity index (χ4v) is 2.96. The zero-order valence-electron chi connectivity index (χ0n) is 11.0. The first-order chi connectivity index (χ1) is 9.83. The summed E-state index contributed by atoms with van der Waals surface area (Å²) in [6, 6.07) is 15.6. The van der Waals surface area contributed by atoms with E-state index < -0.39 is 6.10 Å². The Balaban J connectivity index is 1.64. The molecule has 1 atom stereocenters.